The summed E-state index contributed by atoms with van der Waals surface area (Å²) in [6.45, 7) is 8.09. The Morgan fingerprint density at radius 3 is 2.46 bits per heavy atom. The third-order valence-electron chi connectivity index (χ3n) is 2.03. The molecule has 0 unspecified atom stereocenters. The van der Waals surface area contributed by atoms with Crippen molar-refractivity contribution in [3.63, 3.8) is 0 Å². The summed E-state index contributed by atoms with van der Waals surface area (Å²) in [5.41, 5.74) is 0. The van der Waals surface area contributed by atoms with E-state index < -0.39 is 0 Å². The van der Waals surface area contributed by atoms with Gasteiger partial charge in [-0.1, -0.05) is 6.92 Å². The third kappa shape index (κ3) is 5.68. The normalized spacial score (nSPS) is 14.9. The number of rotatable bonds is 7. The summed E-state index contributed by atoms with van der Waals surface area (Å²) in [5.74, 6) is 2.95. The van der Waals surface area contributed by atoms with Crippen molar-refractivity contribution in [2.45, 2.75) is 33.3 Å². The van der Waals surface area contributed by atoms with Crippen molar-refractivity contribution in [2.24, 2.45) is 5.92 Å². The van der Waals surface area contributed by atoms with Crippen molar-refractivity contribution in [1.82, 2.24) is 0 Å². The van der Waals surface area contributed by atoms with Gasteiger partial charge >= 0.3 is 0 Å². The molecule has 0 aliphatic carbocycles. The molecule has 0 amide bonds. The predicted molar refractivity (Wildman–Crippen MR) is 54.5 cm³/mol. The number of ether oxygens (including phenoxy) is 2. The molecule has 0 bridgehead atoms. The summed E-state index contributed by atoms with van der Waals surface area (Å²) in [6.07, 6.45) is 6.45. The van der Waals surface area contributed by atoms with E-state index in [-0.39, 0.29) is 12.0 Å². The van der Waals surface area contributed by atoms with Crippen LogP contribution in [0.4, 0.5) is 0 Å². The van der Waals surface area contributed by atoms with E-state index in [1.807, 2.05) is 13.8 Å². The highest BCUT2D eigenvalue weighted by Crippen LogP contribution is 2.10. The van der Waals surface area contributed by atoms with Crippen LogP contribution >= 0.6 is 0 Å². The summed E-state index contributed by atoms with van der Waals surface area (Å²) in [7, 11) is 0. The fraction of sp³-hybridized carbons (Fsp3) is 0.818. The minimum Gasteiger partial charge on any atom is -0.379 e. The molecule has 2 atom stereocenters. The Bertz CT molecular complexity index is 149. The molecule has 0 heterocycles. The largest absolute Gasteiger partial charge is 0.379 e. The average molecular weight is 184 g/mol. The van der Waals surface area contributed by atoms with E-state index >= 15 is 0 Å². The molecule has 13 heavy (non-hydrogen) atoms. The first kappa shape index (κ1) is 12.5. The second-order valence-corrected chi connectivity index (χ2v) is 2.95. The highest BCUT2D eigenvalue weighted by Gasteiger charge is 2.12. The zero-order chi connectivity index (χ0) is 10.1. The van der Waals surface area contributed by atoms with Gasteiger partial charge in [0.05, 0.1) is 19.3 Å². The van der Waals surface area contributed by atoms with E-state index in [1.54, 1.807) is 0 Å². The molecule has 0 rings (SSSR count). The van der Waals surface area contributed by atoms with Crippen LogP contribution in [0, 0.1) is 18.3 Å². The summed E-state index contributed by atoms with van der Waals surface area (Å²) < 4.78 is 10.7. The second kappa shape index (κ2) is 8.10. The SMILES string of the molecule is C#C[C@H](CC)[C@@H](C)OCCOCC. The highest BCUT2D eigenvalue weighted by atomic mass is 16.5. The summed E-state index contributed by atoms with van der Waals surface area (Å²) >= 11 is 0. The van der Waals surface area contributed by atoms with Gasteiger partial charge in [0.25, 0.3) is 0 Å². The first-order chi connectivity index (χ1) is 6.26. The summed E-state index contributed by atoms with van der Waals surface area (Å²) in [5, 5.41) is 0. The van der Waals surface area contributed by atoms with Gasteiger partial charge in [-0.3, -0.25) is 0 Å². The molecule has 0 spiro atoms. The van der Waals surface area contributed by atoms with Gasteiger partial charge in [0, 0.05) is 12.5 Å². The average Bonchev–Trinajstić information content (AvgIpc) is 2.14. The standard InChI is InChI=1S/C11H20O2/c1-5-11(6-2)10(4)13-9-8-12-7-3/h1,10-11H,6-9H2,2-4H3/t10-,11-/m1/s1. The van der Waals surface area contributed by atoms with Crippen LogP contribution in [0.3, 0.4) is 0 Å². The molecule has 0 aromatic heterocycles. The molecule has 0 saturated heterocycles. The van der Waals surface area contributed by atoms with Crippen molar-refractivity contribution < 1.29 is 9.47 Å². The maximum Gasteiger partial charge on any atom is 0.0704 e. The van der Waals surface area contributed by atoms with Crippen LogP contribution in [0.1, 0.15) is 27.2 Å². The lowest BCUT2D eigenvalue weighted by atomic mass is 10.0. The Hall–Kier alpha value is -0.520. The van der Waals surface area contributed by atoms with Gasteiger partial charge in [-0.15, -0.1) is 12.3 Å². The van der Waals surface area contributed by atoms with Crippen LogP contribution in [0.5, 0.6) is 0 Å². The molecule has 76 valence electrons. The topological polar surface area (TPSA) is 18.5 Å². The van der Waals surface area contributed by atoms with Gasteiger partial charge in [0.1, 0.15) is 0 Å². The summed E-state index contributed by atoms with van der Waals surface area (Å²) in [6, 6.07) is 0. The van der Waals surface area contributed by atoms with Gasteiger partial charge < -0.3 is 9.47 Å². The predicted octanol–water partition coefficient (Wildman–Crippen LogP) is 2.09. The smallest absolute Gasteiger partial charge is 0.0704 e. The van der Waals surface area contributed by atoms with Gasteiger partial charge in [0.15, 0.2) is 0 Å². The zero-order valence-electron chi connectivity index (χ0n) is 8.88. The van der Waals surface area contributed by atoms with Crippen molar-refractivity contribution >= 4 is 0 Å². The highest BCUT2D eigenvalue weighted by molar-refractivity contribution is 4.95. The zero-order valence-corrected chi connectivity index (χ0v) is 8.88. The maximum absolute atomic E-state index is 5.52. The van der Waals surface area contributed by atoms with Crippen molar-refractivity contribution in [3.05, 3.63) is 0 Å². The molecular formula is C11H20O2. The molecular weight excluding hydrogens is 164 g/mol. The molecule has 0 radical (unpaired) electrons. The maximum atomic E-state index is 5.52. The first-order valence-electron chi connectivity index (χ1n) is 4.91. The summed E-state index contributed by atoms with van der Waals surface area (Å²) in [4.78, 5) is 0. The van der Waals surface area contributed by atoms with Crippen LogP contribution in [0.25, 0.3) is 0 Å². The molecule has 0 aliphatic heterocycles. The van der Waals surface area contributed by atoms with E-state index in [4.69, 9.17) is 15.9 Å². The lowest BCUT2D eigenvalue weighted by molar-refractivity contribution is -0.000553. The Balaban J connectivity index is 3.49. The number of hydrogen-bond acceptors (Lipinski definition) is 2. The molecule has 0 aliphatic rings. The Kier molecular flexibility index (Phi) is 7.77. The lowest BCUT2D eigenvalue weighted by Gasteiger charge is -2.17. The van der Waals surface area contributed by atoms with Gasteiger partial charge in [-0.25, -0.2) is 0 Å². The molecule has 0 aromatic rings. The number of hydrogen-bond donors (Lipinski definition) is 0. The van der Waals surface area contributed by atoms with E-state index in [0.29, 0.717) is 13.2 Å². The lowest BCUT2D eigenvalue weighted by Crippen LogP contribution is -2.21. The van der Waals surface area contributed by atoms with Gasteiger partial charge in [-0.2, -0.15) is 0 Å². The Morgan fingerprint density at radius 1 is 1.31 bits per heavy atom. The van der Waals surface area contributed by atoms with Crippen LogP contribution in [0.2, 0.25) is 0 Å². The molecule has 0 aromatic carbocycles. The van der Waals surface area contributed by atoms with Gasteiger partial charge in [-0.05, 0) is 20.3 Å². The molecule has 0 fully saturated rings. The van der Waals surface area contributed by atoms with E-state index in [0.717, 1.165) is 13.0 Å². The Labute approximate surface area is 81.6 Å². The molecule has 0 saturated carbocycles. The van der Waals surface area contributed by atoms with Gasteiger partial charge in [0.2, 0.25) is 0 Å². The van der Waals surface area contributed by atoms with Crippen LogP contribution in [-0.4, -0.2) is 25.9 Å². The van der Waals surface area contributed by atoms with Crippen LogP contribution < -0.4 is 0 Å². The Morgan fingerprint density at radius 2 is 2.00 bits per heavy atom. The molecule has 0 N–H and O–H groups in total. The van der Waals surface area contributed by atoms with E-state index in [1.165, 1.54) is 0 Å². The minimum absolute atomic E-state index is 0.135. The quantitative estimate of drug-likeness (QED) is 0.445. The number of terminal acetylenes is 1. The molecule has 2 nitrogen and oxygen atoms in total. The van der Waals surface area contributed by atoms with Crippen molar-refractivity contribution in [2.75, 3.05) is 19.8 Å². The second-order valence-electron chi connectivity index (χ2n) is 2.95. The monoisotopic (exact) mass is 184 g/mol. The molecule has 2 heteroatoms. The fourth-order valence-corrected chi connectivity index (χ4v) is 1.14. The van der Waals surface area contributed by atoms with E-state index in [2.05, 4.69) is 12.8 Å². The van der Waals surface area contributed by atoms with Crippen LogP contribution in [-0.2, 0) is 9.47 Å². The minimum atomic E-state index is 0.135. The third-order valence-corrected chi connectivity index (χ3v) is 2.03. The fourth-order valence-electron chi connectivity index (χ4n) is 1.14. The van der Waals surface area contributed by atoms with Crippen molar-refractivity contribution in [3.8, 4) is 12.3 Å². The van der Waals surface area contributed by atoms with E-state index in [9.17, 15) is 0 Å². The van der Waals surface area contributed by atoms with Crippen LogP contribution in [0.15, 0.2) is 0 Å². The first-order valence-corrected chi connectivity index (χ1v) is 4.91. The van der Waals surface area contributed by atoms with Crippen molar-refractivity contribution in [1.29, 1.82) is 0 Å².